The predicted octanol–water partition coefficient (Wildman–Crippen LogP) is 4.50. The van der Waals surface area contributed by atoms with Crippen LogP contribution in [-0.2, 0) is 14.3 Å². The van der Waals surface area contributed by atoms with Crippen LogP contribution in [0, 0.1) is 5.92 Å². The molecule has 8 nitrogen and oxygen atoms in total. The number of hydrogen-bond donors (Lipinski definition) is 0. The van der Waals surface area contributed by atoms with Gasteiger partial charge in [-0.1, -0.05) is 6.08 Å². The molecule has 0 N–H and O–H groups in total. The van der Waals surface area contributed by atoms with Gasteiger partial charge in [-0.2, -0.15) is 0 Å². The lowest BCUT2D eigenvalue weighted by Gasteiger charge is -2.41. The van der Waals surface area contributed by atoms with Gasteiger partial charge in [-0.15, -0.1) is 0 Å². The first-order chi connectivity index (χ1) is 16.3. The minimum atomic E-state index is -0.518. The van der Waals surface area contributed by atoms with Crippen molar-refractivity contribution in [1.29, 1.82) is 0 Å². The third-order valence-corrected chi connectivity index (χ3v) is 6.50. The van der Waals surface area contributed by atoms with Crippen molar-refractivity contribution in [3.8, 4) is 0 Å². The summed E-state index contributed by atoms with van der Waals surface area (Å²) in [6, 6.07) is 3.62. The number of nitrogens with zero attached hydrogens (tertiary/aromatic N) is 3. The van der Waals surface area contributed by atoms with Crippen LogP contribution >= 0.6 is 0 Å². The van der Waals surface area contributed by atoms with Crippen LogP contribution in [0.15, 0.2) is 35.1 Å². The van der Waals surface area contributed by atoms with Crippen LogP contribution < -0.4 is 0 Å². The largest absolute Gasteiger partial charge is 0.465 e. The van der Waals surface area contributed by atoms with E-state index in [2.05, 4.69) is 16.0 Å². The van der Waals surface area contributed by atoms with Gasteiger partial charge >= 0.3 is 12.1 Å². The molecule has 0 radical (unpaired) electrons. The lowest BCUT2D eigenvalue weighted by atomic mass is 9.87. The standard InChI is InChI=1S/C26H35N3O5/c1-5-32-24(30)22(19-10-15-29(16-11-19)25(31)34-26(2,3)4)28-13-8-18(9-14-28)21-17-33-23-20(21)7-6-12-27-23/h6-8,12,17,19,22H,5,9-11,13-16H2,1-4H3. The Morgan fingerprint density at radius 1 is 1.24 bits per heavy atom. The van der Waals surface area contributed by atoms with Gasteiger partial charge < -0.3 is 18.8 Å². The summed E-state index contributed by atoms with van der Waals surface area (Å²) in [7, 11) is 0. The third kappa shape index (κ3) is 5.43. The molecule has 1 saturated heterocycles. The fourth-order valence-electron chi connectivity index (χ4n) is 4.89. The van der Waals surface area contributed by atoms with Crippen molar-refractivity contribution in [3.05, 3.63) is 36.2 Å². The number of esters is 1. The van der Waals surface area contributed by atoms with Crippen molar-refractivity contribution in [2.75, 3.05) is 32.8 Å². The van der Waals surface area contributed by atoms with E-state index >= 15 is 0 Å². The Bertz CT molecular complexity index is 1050. The third-order valence-electron chi connectivity index (χ3n) is 6.50. The summed E-state index contributed by atoms with van der Waals surface area (Å²) >= 11 is 0. The quantitative estimate of drug-likeness (QED) is 0.596. The van der Waals surface area contributed by atoms with Gasteiger partial charge in [0.25, 0.3) is 0 Å². The van der Waals surface area contributed by atoms with Crippen molar-refractivity contribution in [2.24, 2.45) is 5.92 Å². The number of likely N-dealkylation sites (tertiary alicyclic amines) is 1. The highest BCUT2D eigenvalue weighted by Crippen LogP contribution is 2.33. The van der Waals surface area contributed by atoms with Crippen LogP contribution in [0.25, 0.3) is 16.7 Å². The SMILES string of the molecule is CCOC(=O)C(C1CCN(C(=O)OC(C)(C)C)CC1)N1CC=C(c2coc3ncccc23)CC1. The van der Waals surface area contributed by atoms with E-state index in [1.54, 1.807) is 17.4 Å². The van der Waals surface area contributed by atoms with E-state index in [-0.39, 0.29) is 24.0 Å². The minimum Gasteiger partial charge on any atom is -0.465 e. The number of hydrogen-bond acceptors (Lipinski definition) is 7. The average Bonchev–Trinajstić information content (AvgIpc) is 3.23. The van der Waals surface area contributed by atoms with E-state index in [4.69, 9.17) is 13.9 Å². The number of fused-ring (bicyclic) bond motifs is 1. The summed E-state index contributed by atoms with van der Waals surface area (Å²) in [5, 5.41) is 1.01. The maximum Gasteiger partial charge on any atom is 0.410 e. The second kappa shape index (κ2) is 10.2. The first kappa shape index (κ1) is 24.3. The number of aromatic nitrogens is 1. The maximum atomic E-state index is 13.0. The molecule has 8 heteroatoms. The molecule has 34 heavy (non-hydrogen) atoms. The molecule has 184 valence electrons. The molecule has 0 aromatic carbocycles. The van der Waals surface area contributed by atoms with Crippen LogP contribution in [0.2, 0.25) is 0 Å². The number of piperidine rings is 1. The number of carbonyl (C=O) groups excluding carboxylic acids is 2. The fraction of sp³-hybridized carbons (Fsp3) is 0.577. The van der Waals surface area contributed by atoms with Crippen molar-refractivity contribution < 1.29 is 23.5 Å². The Morgan fingerprint density at radius 3 is 2.65 bits per heavy atom. The number of pyridine rings is 1. The Balaban J connectivity index is 1.44. The van der Waals surface area contributed by atoms with Gasteiger partial charge in [-0.25, -0.2) is 9.78 Å². The second-order valence-electron chi connectivity index (χ2n) is 9.98. The lowest BCUT2D eigenvalue weighted by molar-refractivity contribution is -0.152. The van der Waals surface area contributed by atoms with Crippen LogP contribution in [0.1, 0.15) is 52.5 Å². The van der Waals surface area contributed by atoms with E-state index in [9.17, 15) is 9.59 Å². The number of amides is 1. The van der Waals surface area contributed by atoms with Crippen molar-refractivity contribution in [2.45, 2.75) is 58.6 Å². The van der Waals surface area contributed by atoms with Crippen molar-refractivity contribution in [3.63, 3.8) is 0 Å². The normalized spacial score (nSPS) is 19.1. The number of furan rings is 1. The fourth-order valence-corrected chi connectivity index (χ4v) is 4.89. The molecule has 0 bridgehead atoms. The average molecular weight is 470 g/mol. The Hall–Kier alpha value is -2.87. The molecule has 1 fully saturated rings. The molecule has 2 aromatic heterocycles. The summed E-state index contributed by atoms with van der Waals surface area (Å²) in [5.74, 6) is -0.0420. The van der Waals surface area contributed by atoms with Gasteiger partial charge in [-0.3, -0.25) is 9.69 Å². The van der Waals surface area contributed by atoms with E-state index in [0.717, 1.165) is 36.8 Å². The molecule has 1 atom stereocenters. The van der Waals surface area contributed by atoms with Crippen LogP contribution in [0.5, 0.6) is 0 Å². The van der Waals surface area contributed by atoms with E-state index in [1.807, 2.05) is 39.8 Å². The smallest absolute Gasteiger partial charge is 0.410 e. The number of carbonyl (C=O) groups is 2. The van der Waals surface area contributed by atoms with Crippen molar-refractivity contribution in [1.82, 2.24) is 14.8 Å². The predicted molar refractivity (Wildman–Crippen MR) is 129 cm³/mol. The Labute approximate surface area is 200 Å². The highest BCUT2D eigenvalue weighted by molar-refractivity contribution is 5.89. The first-order valence-electron chi connectivity index (χ1n) is 12.2. The lowest BCUT2D eigenvalue weighted by Crippen LogP contribution is -2.52. The first-order valence-corrected chi connectivity index (χ1v) is 12.2. The summed E-state index contributed by atoms with van der Waals surface area (Å²) in [6.07, 6.45) is 7.70. The zero-order chi connectivity index (χ0) is 24.3. The zero-order valence-corrected chi connectivity index (χ0v) is 20.6. The highest BCUT2D eigenvalue weighted by Gasteiger charge is 2.38. The number of ether oxygens (including phenoxy) is 2. The second-order valence-corrected chi connectivity index (χ2v) is 9.98. The van der Waals surface area contributed by atoms with Crippen molar-refractivity contribution >= 4 is 28.7 Å². The van der Waals surface area contributed by atoms with Crippen LogP contribution in [-0.4, -0.2) is 71.3 Å². The van der Waals surface area contributed by atoms with E-state index in [1.165, 1.54) is 5.57 Å². The molecule has 0 aliphatic carbocycles. The maximum absolute atomic E-state index is 13.0. The molecule has 2 aliphatic heterocycles. The highest BCUT2D eigenvalue weighted by atomic mass is 16.6. The van der Waals surface area contributed by atoms with Gasteiger partial charge in [0, 0.05) is 43.3 Å². The molecule has 0 saturated carbocycles. The monoisotopic (exact) mass is 469 g/mol. The zero-order valence-electron chi connectivity index (χ0n) is 20.6. The minimum absolute atomic E-state index is 0.131. The summed E-state index contributed by atoms with van der Waals surface area (Å²) in [4.78, 5) is 33.7. The van der Waals surface area contributed by atoms with Gasteiger partial charge in [-0.05, 0) is 70.6 Å². The molecule has 0 spiro atoms. The molecule has 4 rings (SSSR count). The molecular formula is C26H35N3O5. The van der Waals surface area contributed by atoms with Gasteiger partial charge in [0.2, 0.25) is 5.71 Å². The van der Waals surface area contributed by atoms with Crippen LogP contribution in [0.3, 0.4) is 0 Å². The molecule has 4 heterocycles. The van der Waals surface area contributed by atoms with Gasteiger partial charge in [0.1, 0.15) is 17.9 Å². The molecule has 1 amide bonds. The summed E-state index contributed by atoms with van der Waals surface area (Å²) < 4.78 is 16.6. The number of rotatable bonds is 5. The topological polar surface area (TPSA) is 85.1 Å². The summed E-state index contributed by atoms with van der Waals surface area (Å²) in [6.45, 7) is 10.4. The Morgan fingerprint density at radius 2 is 2.00 bits per heavy atom. The van der Waals surface area contributed by atoms with E-state index < -0.39 is 5.60 Å². The molecule has 2 aromatic rings. The van der Waals surface area contributed by atoms with Gasteiger partial charge in [0.15, 0.2) is 0 Å². The molecule has 1 unspecified atom stereocenters. The van der Waals surface area contributed by atoms with Gasteiger partial charge in [0.05, 0.1) is 6.61 Å². The summed E-state index contributed by atoms with van der Waals surface area (Å²) in [5.41, 5.74) is 2.41. The van der Waals surface area contributed by atoms with Crippen LogP contribution in [0.4, 0.5) is 4.79 Å². The molecule has 2 aliphatic rings. The Kier molecular flexibility index (Phi) is 7.26. The van der Waals surface area contributed by atoms with E-state index in [0.29, 0.717) is 32.0 Å². The molecular weight excluding hydrogens is 434 g/mol.